The molecule has 1 aromatic carbocycles. The van der Waals surface area contributed by atoms with E-state index in [0.717, 1.165) is 12.0 Å². The van der Waals surface area contributed by atoms with Gasteiger partial charge in [0.05, 0.1) is 0 Å². The van der Waals surface area contributed by atoms with Gasteiger partial charge in [-0.3, -0.25) is 4.79 Å². The predicted octanol–water partition coefficient (Wildman–Crippen LogP) is 3.92. The van der Waals surface area contributed by atoms with Crippen LogP contribution < -0.4 is 5.32 Å². The van der Waals surface area contributed by atoms with Crippen molar-refractivity contribution < 1.29 is 9.32 Å². The molecular weight excluding hydrogens is 314 g/mol. The second-order valence-electron chi connectivity index (χ2n) is 7.32. The summed E-state index contributed by atoms with van der Waals surface area (Å²) in [5, 5.41) is 7.20. The van der Waals surface area contributed by atoms with Gasteiger partial charge in [0.1, 0.15) is 0 Å². The Labute approximate surface area is 149 Å². The second kappa shape index (κ2) is 7.81. The molecule has 0 spiro atoms. The summed E-state index contributed by atoms with van der Waals surface area (Å²) < 4.78 is 5.29. The first-order valence-electron chi connectivity index (χ1n) is 9.22. The Morgan fingerprint density at radius 3 is 2.76 bits per heavy atom. The maximum absolute atomic E-state index is 12.3. The molecule has 2 aromatic rings. The third-order valence-corrected chi connectivity index (χ3v) is 5.40. The molecule has 0 unspecified atom stereocenters. The predicted molar refractivity (Wildman–Crippen MR) is 96.9 cm³/mol. The number of amides is 1. The van der Waals surface area contributed by atoms with Gasteiger partial charge in [0.25, 0.3) is 0 Å². The molecule has 25 heavy (non-hydrogen) atoms. The van der Waals surface area contributed by atoms with E-state index in [1.807, 2.05) is 31.2 Å². The van der Waals surface area contributed by atoms with Crippen LogP contribution in [-0.4, -0.2) is 22.1 Å². The van der Waals surface area contributed by atoms with Gasteiger partial charge >= 0.3 is 0 Å². The van der Waals surface area contributed by atoms with Gasteiger partial charge < -0.3 is 9.84 Å². The molecule has 1 N–H and O–H groups in total. The number of carbonyl (C=O) groups excluding carboxylic acids is 1. The highest BCUT2D eigenvalue weighted by atomic mass is 16.5. The number of nitrogens with one attached hydrogen (secondary N) is 1. The largest absolute Gasteiger partial charge is 0.353 e. The summed E-state index contributed by atoms with van der Waals surface area (Å²) in [6.07, 6.45) is 4.39. The lowest BCUT2D eigenvalue weighted by molar-refractivity contribution is -0.122. The Bertz CT molecular complexity index is 708. The van der Waals surface area contributed by atoms with E-state index >= 15 is 0 Å². The number of hydrogen-bond donors (Lipinski definition) is 1. The number of hydrogen-bond acceptors (Lipinski definition) is 4. The summed E-state index contributed by atoms with van der Waals surface area (Å²) in [7, 11) is 0. The number of aromatic nitrogens is 2. The van der Waals surface area contributed by atoms with E-state index < -0.39 is 0 Å². The first kappa shape index (κ1) is 17.6. The average molecular weight is 341 g/mol. The van der Waals surface area contributed by atoms with Gasteiger partial charge in [-0.25, -0.2) is 0 Å². The van der Waals surface area contributed by atoms with Crippen molar-refractivity contribution in [2.45, 2.75) is 58.9 Å². The van der Waals surface area contributed by atoms with Crippen molar-refractivity contribution >= 4 is 5.91 Å². The quantitative estimate of drug-likeness (QED) is 0.895. The second-order valence-corrected chi connectivity index (χ2v) is 7.32. The SMILES string of the molecule is Cc1ccc(-c2noc(CCC(=O)N[C@@H]3CCC[C@H](C)[C@H]3C)n2)cc1. The number of nitrogens with zero attached hydrogens (tertiary/aromatic N) is 2. The summed E-state index contributed by atoms with van der Waals surface area (Å²) in [4.78, 5) is 16.6. The Kier molecular flexibility index (Phi) is 5.51. The molecule has 1 fully saturated rings. The topological polar surface area (TPSA) is 68.0 Å². The van der Waals surface area contributed by atoms with E-state index in [0.29, 0.717) is 42.4 Å². The van der Waals surface area contributed by atoms with Crippen molar-refractivity contribution in [3.05, 3.63) is 35.7 Å². The minimum atomic E-state index is 0.0704. The molecule has 5 heteroatoms. The zero-order valence-electron chi connectivity index (χ0n) is 15.3. The molecule has 3 rings (SSSR count). The van der Waals surface area contributed by atoms with E-state index in [1.165, 1.54) is 18.4 Å². The van der Waals surface area contributed by atoms with E-state index in [2.05, 4.69) is 29.3 Å². The van der Waals surface area contributed by atoms with Crippen molar-refractivity contribution in [3.8, 4) is 11.4 Å². The van der Waals surface area contributed by atoms with Crippen LogP contribution in [0.5, 0.6) is 0 Å². The standard InChI is InChI=1S/C20H27N3O2/c1-13-7-9-16(10-8-13)20-22-19(25-23-20)12-11-18(24)21-17-6-4-5-14(2)15(17)3/h7-10,14-15,17H,4-6,11-12H2,1-3H3,(H,21,24)/t14-,15+,17+/m0/s1. The maximum atomic E-state index is 12.3. The lowest BCUT2D eigenvalue weighted by Crippen LogP contribution is -2.43. The average Bonchev–Trinajstić information content (AvgIpc) is 3.07. The molecule has 1 amide bonds. The van der Waals surface area contributed by atoms with E-state index in [1.54, 1.807) is 0 Å². The molecular formula is C20H27N3O2. The van der Waals surface area contributed by atoms with E-state index in [-0.39, 0.29) is 5.91 Å². The highest BCUT2D eigenvalue weighted by molar-refractivity contribution is 5.76. The van der Waals surface area contributed by atoms with Crippen LogP contribution in [0.1, 0.15) is 51.0 Å². The molecule has 1 heterocycles. The molecule has 5 nitrogen and oxygen atoms in total. The van der Waals surface area contributed by atoms with Crippen molar-refractivity contribution in [1.82, 2.24) is 15.5 Å². The van der Waals surface area contributed by atoms with E-state index in [4.69, 9.17) is 4.52 Å². The summed E-state index contributed by atoms with van der Waals surface area (Å²) >= 11 is 0. The van der Waals surface area contributed by atoms with Crippen LogP contribution in [0.25, 0.3) is 11.4 Å². The first-order chi connectivity index (χ1) is 12.0. The molecule has 0 saturated heterocycles. The van der Waals surface area contributed by atoms with Gasteiger partial charge in [0.15, 0.2) is 0 Å². The zero-order valence-corrected chi connectivity index (χ0v) is 15.3. The van der Waals surface area contributed by atoms with Crippen LogP contribution in [0, 0.1) is 18.8 Å². The van der Waals surface area contributed by atoms with Crippen LogP contribution in [0.2, 0.25) is 0 Å². The molecule has 0 aliphatic heterocycles. The highest BCUT2D eigenvalue weighted by Gasteiger charge is 2.28. The Balaban J connectivity index is 1.52. The lowest BCUT2D eigenvalue weighted by atomic mass is 9.78. The van der Waals surface area contributed by atoms with Crippen molar-refractivity contribution in [1.29, 1.82) is 0 Å². The molecule has 1 aromatic heterocycles. The summed E-state index contributed by atoms with van der Waals surface area (Å²) in [6, 6.07) is 8.28. The summed E-state index contributed by atoms with van der Waals surface area (Å²) in [6.45, 7) is 6.55. The number of rotatable bonds is 5. The monoisotopic (exact) mass is 341 g/mol. The van der Waals surface area contributed by atoms with Crippen molar-refractivity contribution in [2.75, 3.05) is 0 Å². The van der Waals surface area contributed by atoms with Crippen LogP contribution in [0.15, 0.2) is 28.8 Å². The minimum absolute atomic E-state index is 0.0704. The van der Waals surface area contributed by atoms with Gasteiger partial charge in [0, 0.05) is 24.4 Å². The van der Waals surface area contributed by atoms with Crippen LogP contribution in [-0.2, 0) is 11.2 Å². The molecule has 134 valence electrons. The third kappa shape index (κ3) is 4.47. The van der Waals surface area contributed by atoms with Crippen LogP contribution in [0.4, 0.5) is 0 Å². The van der Waals surface area contributed by atoms with Crippen LogP contribution >= 0.6 is 0 Å². The van der Waals surface area contributed by atoms with Gasteiger partial charge in [-0.05, 0) is 25.2 Å². The summed E-state index contributed by atoms with van der Waals surface area (Å²) in [5.74, 6) is 2.36. The van der Waals surface area contributed by atoms with Gasteiger partial charge in [-0.1, -0.05) is 61.7 Å². The van der Waals surface area contributed by atoms with E-state index in [9.17, 15) is 4.79 Å². The van der Waals surface area contributed by atoms with Crippen molar-refractivity contribution in [3.63, 3.8) is 0 Å². The minimum Gasteiger partial charge on any atom is -0.353 e. The number of aryl methyl sites for hydroxylation is 2. The zero-order chi connectivity index (χ0) is 17.8. The molecule has 0 radical (unpaired) electrons. The normalized spacial score (nSPS) is 23.4. The van der Waals surface area contributed by atoms with Crippen molar-refractivity contribution in [2.24, 2.45) is 11.8 Å². The molecule has 3 atom stereocenters. The fourth-order valence-electron chi connectivity index (χ4n) is 3.46. The molecule has 1 saturated carbocycles. The molecule has 0 bridgehead atoms. The Hall–Kier alpha value is -2.17. The highest BCUT2D eigenvalue weighted by Crippen LogP contribution is 2.29. The fourth-order valence-corrected chi connectivity index (χ4v) is 3.46. The van der Waals surface area contributed by atoms with Crippen LogP contribution in [0.3, 0.4) is 0 Å². The maximum Gasteiger partial charge on any atom is 0.227 e. The smallest absolute Gasteiger partial charge is 0.227 e. The molecule has 1 aliphatic rings. The third-order valence-electron chi connectivity index (χ3n) is 5.40. The number of benzene rings is 1. The van der Waals surface area contributed by atoms with Gasteiger partial charge in [-0.2, -0.15) is 4.98 Å². The Morgan fingerprint density at radius 1 is 1.24 bits per heavy atom. The molecule has 1 aliphatic carbocycles. The Morgan fingerprint density at radius 2 is 2.00 bits per heavy atom. The lowest BCUT2D eigenvalue weighted by Gasteiger charge is -2.34. The first-order valence-corrected chi connectivity index (χ1v) is 9.22. The van der Waals surface area contributed by atoms with Gasteiger partial charge in [0.2, 0.25) is 17.6 Å². The number of carbonyl (C=O) groups is 1. The van der Waals surface area contributed by atoms with Gasteiger partial charge in [-0.15, -0.1) is 0 Å². The fraction of sp³-hybridized carbons (Fsp3) is 0.550. The summed E-state index contributed by atoms with van der Waals surface area (Å²) in [5.41, 5.74) is 2.12.